The molecule has 1 heterocycles. The van der Waals surface area contributed by atoms with Crippen LogP contribution < -0.4 is 10.1 Å². The van der Waals surface area contributed by atoms with Crippen molar-refractivity contribution >= 4 is 5.91 Å². The van der Waals surface area contributed by atoms with E-state index in [1.807, 2.05) is 0 Å². The molecule has 0 radical (unpaired) electrons. The standard InChI is InChI=1S/C16H21NO2/c1-10-9-12-4-3-11(5-6-14(18)17-2)15(12)13-7-8-19-16(10)13/h9,11H,3-8H2,1-2H3,(H,17,18)/t11-/m0/s1. The van der Waals surface area contributed by atoms with Crippen molar-refractivity contribution < 1.29 is 9.53 Å². The Labute approximate surface area is 114 Å². The first-order chi connectivity index (χ1) is 9.20. The predicted molar refractivity (Wildman–Crippen MR) is 74.7 cm³/mol. The number of amides is 1. The van der Waals surface area contributed by atoms with Crippen molar-refractivity contribution in [2.45, 2.75) is 44.9 Å². The molecule has 3 heteroatoms. The lowest BCUT2D eigenvalue weighted by Gasteiger charge is -2.15. The first kappa shape index (κ1) is 12.5. The molecule has 1 N–H and O–H groups in total. The van der Waals surface area contributed by atoms with Crippen molar-refractivity contribution in [2.75, 3.05) is 13.7 Å². The number of ether oxygens (including phenoxy) is 1. The summed E-state index contributed by atoms with van der Waals surface area (Å²) in [7, 11) is 1.71. The van der Waals surface area contributed by atoms with Crippen LogP contribution in [-0.2, 0) is 17.6 Å². The minimum Gasteiger partial charge on any atom is -0.493 e. The van der Waals surface area contributed by atoms with E-state index < -0.39 is 0 Å². The molecule has 1 aromatic carbocycles. The highest BCUT2D eigenvalue weighted by Crippen LogP contribution is 2.45. The average Bonchev–Trinajstić information content (AvgIpc) is 3.02. The van der Waals surface area contributed by atoms with Crippen molar-refractivity contribution in [1.29, 1.82) is 0 Å². The lowest BCUT2D eigenvalue weighted by atomic mass is 9.89. The van der Waals surface area contributed by atoms with Gasteiger partial charge in [-0.3, -0.25) is 4.79 Å². The highest BCUT2D eigenvalue weighted by atomic mass is 16.5. The summed E-state index contributed by atoms with van der Waals surface area (Å²) in [6.45, 7) is 2.96. The Morgan fingerprint density at radius 1 is 1.47 bits per heavy atom. The monoisotopic (exact) mass is 259 g/mol. The first-order valence-corrected chi connectivity index (χ1v) is 7.19. The smallest absolute Gasteiger partial charge is 0.219 e. The third kappa shape index (κ3) is 2.11. The van der Waals surface area contributed by atoms with E-state index in [0.29, 0.717) is 12.3 Å². The molecular formula is C16H21NO2. The van der Waals surface area contributed by atoms with Gasteiger partial charge < -0.3 is 10.1 Å². The minimum absolute atomic E-state index is 0.147. The summed E-state index contributed by atoms with van der Waals surface area (Å²) < 4.78 is 5.77. The number of rotatable bonds is 3. The molecule has 1 aliphatic carbocycles. The van der Waals surface area contributed by atoms with Crippen molar-refractivity contribution in [3.05, 3.63) is 28.3 Å². The average molecular weight is 259 g/mol. The van der Waals surface area contributed by atoms with Crippen LogP contribution in [0.25, 0.3) is 0 Å². The third-order valence-corrected chi connectivity index (χ3v) is 4.46. The maximum atomic E-state index is 11.4. The molecule has 1 atom stereocenters. The molecular weight excluding hydrogens is 238 g/mol. The lowest BCUT2D eigenvalue weighted by molar-refractivity contribution is -0.120. The Morgan fingerprint density at radius 3 is 3.11 bits per heavy atom. The first-order valence-electron chi connectivity index (χ1n) is 7.19. The number of hydrogen-bond donors (Lipinski definition) is 1. The summed E-state index contributed by atoms with van der Waals surface area (Å²) >= 11 is 0. The molecule has 3 nitrogen and oxygen atoms in total. The molecule has 1 aliphatic heterocycles. The molecule has 0 spiro atoms. The van der Waals surface area contributed by atoms with Gasteiger partial charge in [-0.05, 0) is 48.8 Å². The topological polar surface area (TPSA) is 38.3 Å². The van der Waals surface area contributed by atoms with E-state index in [4.69, 9.17) is 4.74 Å². The predicted octanol–water partition coefficient (Wildman–Crippen LogP) is 2.49. The Hall–Kier alpha value is -1.51. The lowest BCUT2D eigenvalue weighted by Crippen LogP contribution is -2.18. The van der Waals surface area contributed by atoms with E-state index in [9.17, 15) is 4.79 Å². The number of carbonyl (C=O) groups excluding carboxylic acids is 1. The van der Waals surface area contributed by atoms with E-state index in [1.165, 1.54) is 28.7 Å². The van der Waals surface area contributed by atoms with Crippen LogP contribution in [0.3, 0.4) is 0 Å². The van der Waals surface area contributed by atoms with Gasteiger partial charge in [-0.2, -0.15) is 0 Å². The molecule has 2 aliphatic rings. The normalized spacial score (nSPS) is 19.8. The number of aryl methyl sites for hydroxylation is 2. The maximum absolute atomic E-state index is 11.4. The van der Waals surface area contributed by atoms with Crippen LogP contribution in [0, 0.1) is 6.92 Å². The van der Waals surface area contributed by atoms with Gasteiger partial charge in [-0.25, -0.2) is 0 Å². The summed E-state index contributed by atoms with van der Waals surface area (Å²) in [5.74, 6) is 1.81. The molecule has 0 bridgehead atoms. The highest BCUT2D eigenvalue weighted by molar-refractivity contribution is 5.75. The highest BCUT2D eigenvalue weighted by Gasteiger charge is 2.30. The fourth-order valence-corrected chi connectivity index (χ4v) is 3.57. The number of hydrogen-bond acceptors (Lipinski definition) is 2. The van der Waals surface area contributed by atoms with Gasteiger partial charge in [0.1, 0.15) is 5.75 Å². The van der Waals surface area contributed by atoms with Crippen LogP contribution in [0.2, 0.25) is 0 Å². The molecule has 0 fully saturated rings. The molecule has 102 valence electrons. The molecule has 19 heavy (non-hydrogen) atoms. The van der Waals surface area contributed by atoms with Crippen molar-refractivity contribution in [1.82, 2.24) is 5.32 Å². The second-order valence-electron chi connectivity index (χ2n) is 5.62. The van der Waals surface area contributed by atoms with Gasteiger partial charge >= 0.3 is 0 Å². The minimum atomic E-state index is 0.147. The van der Waals surface area contributed by atoms with Crippen molar-refractivity contribution in [2.24, 2.45) is 0 Å². The van der Waals surface area contributed by atoms with Gasteiger partial charge in [0, 0.05) is 25.5 Å². The van der Waals surface area contributed by atoms with Crippen LogP contribution >= 0.6 is 0 Å². The number of nitrogens with one attached hydrogen (secondary N) is 1. The fourth-order valence-electron chi connectivity index (χ4n) is 3.57. The Kier molecular flexibility index (Phi) is 3.21. The Bertz CT molecular complexity index is 522. The summed E-state index contributed by atoms with van der Waals surface area (Å²) in [6, 6.07) is 2.29. The molecule has 1 amide bonds. The van der Waals surface area contributed by atoms with Crippen LogP contribution in [0.5, 0.6) is 5.75 Å². The summed E-state index contributed by atoms with van der Waals surface area (Å²) in [6.07, 6.45) is 4.96. The largest absolute Gasteiger partial charge is 0.493 e. The molecule has 3 rings (SSSR count). The van der Waals surface area contributed by atoms with Gasteiger partial charge in [0.2, 0.25) is 5.91 Å². The molecule has 1 aromatic rings. The van der Waals surface area contributed by atoms with Gasteiger partial charge in [-0.15, -0.1) is 0 Å². The second kappa shape index (κ2) is 4.87. The quantitative estimate of drug-likeness (QED) is 0.905. The van der Waals surface area contributed by atoms with Crippen LogP contribution in [0.15, 0.2) is 6.07 Å². The van der Waals surface area contributed by atoms with Gasteiger partial charge in [0.15, 0.2) is 0 Å². The fraction of sp³-hybridized carbons (Fsp3) is 0.562. The molecule has 0 saturated heterocycles. The summed E-state index contributed by atoms with van der Waals surface area (Å²) in [5.41, 5.74) is 5.69. The van der Waals surface area contributed by atoms with E-state index >= 15 is 0 Å². The Balaban J connectivity index is 1.88. The zero-order valence-corrected chi connectivity index (χ0v) is 11.7. The Morgan fingerprint density at radius 2 is 2.32 bits per heavy atom. The summed E-state index contributed by atoms with van der Waals surface area (Å²) in [4.78, 5) is 11.4. The number of benzene rings is 1. The van der Waals surface area contributed by atoms with Gasteiger partial charge in [-0.1, -0.05) is 6.07 Å². The van der Waals surface area contributed by atoms with E-state index in [-0.39, 0.29) is 5.91 Å². The van der Waals surface area contributed by atoms with Crippen LogP contribution in [0.1, 0.15) is 47.4 Å². The summed E-state index contributed by atoms with van der Waals surface area (Å²) in [5, 5.41) is 2.71. The van der Waals surface area contributed by atoms with Crippen LogP contribution in [0.4, 0.5) is 0 Å². The molecule has 0 saturated carbocycles. The van der Waals surface area contributed by atoms with Crippen molar-refractivity contribution in [3.8, 4) is 5.75 Å². The SMILES string of the molecule is CNC(=O)CC[C@@H]1CCc2cc(C)c3c(c21)CCO3. The maximum Gasteiger partial charge on any atom is 0.219 e. The molecule has 0 aromatic heterocycles. The van der Waals surface area contributed by atoms with Gasteiger partial charge in [0.25, 0.3) is 0 Å². The van der Waals surface area contributed by atoms with Crippen molar-refractivity contribution in [3.63, 3.8) is 0 Å². The van der Waals surface area contributed by atoms with Gasteiger partial charge in [0.05, 0.1) is 6.61 Å². The van der Waals surface area contributed by atoms with E-state index in [1.54, 1.807) is 7.05 Å². The van der Waals surface area contributed by atoms with E-state index in [2.05, 4.69) is 18.3 Å². The van der Waals surface area contributed by atoms with Crippen LogP contribution in [-0.4, -0.2) is 19.6 Å². The third-order valence-electron chi connectivity index (χ3n) is 4.46. The number of carbonyl (C=O) groups is 1. The molecule has 0 unspecified atom stereocenters. The zero-order valence-electron chi connectivity index (χ0n) is 11.7. The second-order valence-corrected chi connectivity index (χ2v) is 5.62. The number of fused-ring (bicyclic) bond motifs is 3. The van der Waals surface area contributed by atoms with E-state index in [0.717, 1.165) is 31.6 Å². The zero-order chi connectivity index (χ0) is 13.4.